The normalized spacial score (nSPS) is 20.2. The van der Waals surface area contributed by atoms with Gasteiger partial charge in [0.1, 0.15) is 25.0 Å². The van der Waals surface area contributed by atoms with Crippen LogP contribution in [0.25, 0.3) is 11.1 Å². The van der Waals surface area contributed by atoms with Gasteiger partial charge in [-0.25, -0.2) is 0 Å². The predicted octanol–water partition coefficient (Wildman–Crippen LogP) is 4.48. The second-order valence-corrected chi connectivity index (χ2v) is 14.0. The number of aromatic nitrogens is 2. The molecular formula is C41H48N4O9. The monoisotopic (exact) mass is 740 g/mol. The smallest absolute Gasteiger partial charge is 0.321 e. The van der Waals surface area contributed by atoms with Crippen LogP contribution in [0.4, 0.5) is 0 Å². The minimum atomic E-state index is -0.964. The highest BCUT2D eigenvalue weighted by molar-refractivity contribution is 5.81. The molecule has 0 spiro atoms. The number of likely N-dealkylation sites (tertiary alicyclic amines) is 2. The summed E-state index contributed by atoms with van der Waals surface area (Å²) in [5, 5.41) is 29.8. The molecule has 2 saturated heterocycles. The molecule has 2 aromatic heterocycles. The van der Waals surface area contributed by atoms with Gasteiger partial charge in [0.25, 0.3) is 0 Å². The lowest BCUT2D eigenvalue weighted by Crippen LogP contribution is -2.35. The zero-order valence-corrected chi connectivity index (χ0v) is 31.3. The number of Topliss-reactive ketones (excluding diaryl/α,β-unsaturated/α-hetero) is 1. The molecule has 0 radical (unpaired) electrons. The van der Waals surface area contributed by atoms with Crippen molar-refractivity contribution in [1.82, 2.24) is 19.8 Å². The second kappa shape index (κ2) is 16.9. The Morgan fingerprint density at radius 2 is 1.13 bits per heavy atom. The molecule has 0 saturated carbocycles. The van der Waals surface area contributed by atoms with Gasteiger partial charge in [0.2, 0.25) is 23.5 Å². The lowest BCUT2D eigenvalue weighted by atomic mass is 9.92. The van der Waals surface area contributed by atoms with E-state index in [0.717, 1.165) is 38.9 Å². The Labute approximate surface area is 315 Å². The van der Waals surface area contributed by atoms with E-state index in [0.29, 0.717) is 55.2 Å². The minimum Gasteiger partial charge on any atom is -0.481 e. The highest BCUT2D eigenvalue weighted by Crippen LogP contribution is 2.33. The number of benzene rings is 2. The van der Waals surface area contributed by atoms with E-state index < -0.39 is 24.2 Å². The number of pyridine rings is 2. The molecule has 0 aliphatic carbocycles. The van der Waals surface area contributed by atoms with E-state index >= 15 is 0 Å². The first kappa shape index (κ1) is 38.6. The van der Waals surface area contributed by atoms with Crippen molar-refractivity contribution in [1.29, 1.82) is 0 Å². The van der Waals surface area contributed by atoms with Crippen molar-refractivity contribution < 1.29 is 43.9 Å². The van der Waals surface area contributed by atoms with Gasteiger partial charge in [-0.3, -0.25) is 19.4 Å². The number of β-amino-alcohol motifs (C(OH)–C–C–N with tert-alkyl or cyclic N) is 2. The van der Waals surface area contributed by atoms with Crippen molar-refractivity contribution in [3.63, 3.8) is 0 Å². The first-order valence-electron chi connectivity index (χ1n) is 18.0. The molecule has 2 fully saturated rings. The van der Waals surface area contributed by atoms with E-state index in [-0.39, 0.29) is 37.9 Å². The predicted molar refractivity (Wildman–Crippen MR) is 200 cm³/mol. The number of methoxy groups -OCH3 is 2. The summed E-state index contributed by atoms with van der Waals surface area (Å²) in [4.78, 5) is 36.6. The van der Waals surface area contributed by atoms with Crippen LogP contribution in [-0.4, -0.2) is 98.4 Å². The van der Waals surface area contributed by atoms with E-state index in [9.17, 15) is 24.9 Å². The fraction of sp³-hybridized carbons (Fsp3) is 0.415. The van der Waals surface area contributed by atoms with E-state index in [1.165, 1.54) is 7.11 Å². The molecule has 3 N–H and O–H groups in total. The Bertz CT molecular complexity index is 1850. The highest BCUT2D eigenvalue weighted by atomic mass is 16.5. The van der Waals surface area contributed by atoms with Crippen LogP contribution in [0.3, 0.4) is 0 Å². The number of hydrogen-bond acceptors (Lipinski definition) is 12. The van der Waals surface area contributed by atoms with Gasteiger partial charge in [0, 0.05) is 55.9 Å². The van der Waals surface area contributed by atoms with Crippen LogP contribution in [0.2, 0.25) is 0 Å². The van der Waals surface area contributed by atoms with E-state index in [2.05, 4.69) is 35.9 Å². The van der Waals surface area contributed by atoms with Crippen LogP contribution < -0.4 is 18.9 Å². The molecule has 286 valence electrons. The highest BCUT2D eigenvalue weighted by Gasteiger charge is 2.37. The van der Waals surface area contributed by atoms with Gasteiger partial charge in [-0.1, -0.05) is 36.4 Å². The van der Waals surface area contributed by atoms with E-state index in [1.807, 2.05) is 41.3 Å². The quantitative estimate of drug-likeness (QED) is 0.157. The molecule has 0 bridgehead atoms. The summed E-state index contributed by atoms with van der Waals surface area (Å²) in [5.74, 6) is 0.613. The zero-order valence-electron chi connectivity index (χ0n) is 31.3. The Morgan fingerprint density at radius 1 is 0.685 bits per heavy atom. The Balaban J connectivity index is 1.11. The van der Waals surface area contributed by atoms with Gasteiger partial charge < -0.3 is 34.3 Å². The van der Waals surface area contributed by atoms with Crippen molar-refractivity contribution in [2.75, 3.05) is 27.3 Å². The van der Waals surface area contributed by atoms with Crippen molar-refractivity contribution in [2.24, 2.45) is 0 Å². The minimum absolute atomic E-state index is 0.0307. The third kappa shape index (κ3) is 8.65. The summed E-state index contributed by atoms with van der Waals surface area (Å²) in [6.07, 6.45) is -0.616. The largest absolute Gasteiger partial charge is 0.481 e. The summed E-state index contributed by atoms with van der Waals surface area (Å²) < 4.78 is 23.4. The number of hydrogen-bond donors (Lipinski definition) is 3. The number of carboxylic acids is 1. The zero-order chi connectivity index (χ0) is 38.5. The number of ketones is 1. The average Bonchev–Trinajstić information content (AvgIpc) is 3.72. The molecule has 4 atom stereocenters. The molecule has 4 heterocycles. The molecule has 54 heavy (non-hydrogen) atoms. The topological polar surface area (TPSA) is 164 Å². The number of carboxylic acid groups (broad SMARTS) is 1. The van der Waals surface area contributed by atoms with E-state index in [1.54, 1.807) is 31.1 Å². The van der Waals surface area contributed by atoms with Crippen LogP contribution in [0, 0.1) is 13.8 Å². The van der Waals surface area contributed by atoms with Crippen molar-refractivity contribution in [3.8, 4) is 34.6 Å². The molecular weight excluding hydrogens is 692 g/mol. The van der Waals surface area contributed by atoms with Crippen molar-refractivity contribution >= 4 is 11.8 Å². The van der Waals surface area contributed by atoms with Gasteiger partial charge in [0.15, 0.2) is 0 Å². The SMILES string of the molecule is COc1nc(OCc2cccc(-c3cccc(COc4ccc(CN5C[C@@H](O)C[C@H]5C(=O)O)c(OC)n4)c3C)c2C)ccc1CN1C[C@@H](O)C[C@H]1C(C)=O. The molecule has 2 aliphatic rings. The van der Waals surface area contributed by atoms with Crippen LogP contribution >= 0.6 is 0 Å². The third-order valence-electron chi connectivity index (χ3n) is 10.4. The molecule has 13 nitrogen and oxygen atoms in total. The molecule has 2 aromatic carbocycles. The number of carbonyl (C=O) groups is 2. The molecule has 2 aliphatic heterocycles. The molecule has 0 unspecified atom stereocenters. The Kier molecular flexibility index (Phi) is 12.1. The first-order chi connectivity index (χ1) is 25.9. The number of aliphatic hydroxyl groups is 2. The van der Waals surface area contributed by atoms with Crippen LogP contribution in [0.1, 0.15) is 53.1 Å². The van der Waals surface area contributed by atoms with Crippen LogP contribution in [-0.2, 0) is 35.9 Å². The average molecular weight is 741 g/mol. The maximum absolute atomic E-state index is 12.1. The number of carbonyl (C=O) groups excluding carboxylic acids is 1. The standard InChI is InChI=1S/C41H48N4O9/c1-24-29(22-53-37-14-12-27(39(42-37)51-4)18-44-20-31(47)16-35(44)26(3)46)8-6-10-33(24)34-11-7-9-30(25(34)2)23-54-38-15-13-28(40(43-38)52-5)19-45-21-32(48)17-36(45)41(49)50/h6-15,31-32,35-36,47-48H,16-23H2,1-5H3,(H,49,50)/t31-,32-,35-,36-/m0/s1. The maximum Gasteiger partial charge on any atom is 0.321 e. The van der Waals surface area contributed by atoms with Crippen molar-refractivity contribution in [2.45, 2.75) is 84.2 Å². The first-order valence-corrected chi connectivity index (χ1v) is 18.0. The van der Waals surface area contributed by atoms with Crippen molar-refractivity contribution in [3.05, 3.63) is 94.0 Å². The molecule has 13 heteroatoms. The summed E-state index contributed by atoms with van der Waals surface area (Å²) in [6, 6.07) is 18.4. The number of nitrogens with zero attached hydrogens (tertiary/aromatic N) is 4. The fourth-order valence-electron chi connectivity index (χ4n) is 7.45. The summed E-state index contributed by atoms with van der Waals surface area (Å²) in [7, 11) is 3.06. The molecule has 6 rings (SSSR count). The van der Waals surface area contributed by atoms with Crippen LogP contribution in [0.15, 0.2) is 60.7 Å². The third-order valence-corrected chi connectivity index (χ3v) is 10.4. The van der Waals surface area contributed by atoms with Gasteiger partial charge in [-0.2, -0.15) is 9.97 Å². The molecule has 4 aromatic rings. The van der Waals surface area contributed by atoms with Gasteiger partial charge in [-0.15, -0.1) is 0 Å². The number of aliphatic carboxylic acids is 1. The fourth-order valence-corrected chi connectivity index (χ4v) is 7.45. The lowest BCUT2D eigenvalue weighted by Gasteiger charge is -2.22. The molecule has 0 amide bonds. The number of aliphatic hydroxyl groups excluding tert-OH is 2. The van der Waals surface area contributed by atoms with Gasteiger partial charge in [0.05, 0.1) is 32.5 Å². The Hall–Kier alpha value is -5.08. The van der Waals surface area contributed by atoms with Gasteiger partial charge in [-0.05, 0) is 72.7 Å². The van der Waals surface area contributed by atoms with Crippen LogP contribution in [0.5, 0.6) is 23.5 Å². The lowest BCUT2D eigenvalue weighted by molar-refractivity contribution is -0.142. The summed E-state index contributed by atoms with van der Waals surface area (Å²) in [5.41, 5.74) is 7.78. The second-order valence-electron chi connectivity index (χ2n) is 14.0. The van der Waals surface area contributed by atoms with Gasteiger partial charge >= 0.3 is 5.97 Å². The van der Waals surface area contributed by atoms with E-state index in [4.69, 9.17) is 18.9 Å². The maximum atomic E-state index is 12.1. The number of rotatable bonds is 15. The number of ether oxygens (including phenoxy) is 4. The summed E-state index contributed by atoms with van der Waals surface area (Å²) in [6.45, 7) is 7.65. The summed E-state index contributed by atoms with van der Waals surface area (Å²) >= 11 is 0. The Morgan fingerprint density at radius 3 is 1.56 bits per heavy atom.